The van der Waals surface area contributed by atoms with Crippen molar-refractivity contribution in [3.63, 3.8) is 0 Å². The Kier molecular flexibility index (Phi) is 4.16. The Balaban J connectivity index is 1.92. The Labute approximate surface area is 117 Å². The highest BCUT2D eigenvalue weighted by atomic mass is 127. The summed E-state index contributed by atoms with van der Waals surface area (Å²) < 4.78 is 6.49. The van der Waals surface area contributed by atoms with E-state index in [9.17, 15) is 4.79 Å². The van der Waals surface area contributed by atoms with Crippen LogP contribution in [0, 0.1) is 2.88 Å². The van der Waals surface area contributed by atoms with Crippen LogP contribution < -0.4 is 5.32 Å². The Hall–Kier alpha value is -0.890. The second-order valence-corrected chi connectivity index (χ2v) is 6.20. The molecule has 0 saturated heterocycles. The summed E-state index contributed by atoms with van der Waals surface area (Å²) in [5.74, 6) is 1.28. The molecule has 0 unspecified atom stereocenters. The van der Waals surface area contributed by atoms with Crippen molar-refractivity contribution in [2.24, 2.45) is 0 Å². The van der Waals surface area contributed by atoms with Crippen LogP contribution in [0.2, 0.25) is 0 Å². The monoisotopic (exact) mass is 362 g/mol. The predicted octanol–water partition coefficient (Wildman–Crippen LogP) is 2.83. The van der Waals surface area contributed by atoms with Gasteiger partial charge in [0.25, 0.3) is 5.91 Å². The van der Waals surface area contributed by atoms with Crippen LogP contribution in [0.25, 0.3) is 0 Å². The zero-order valence-corrected chi connectivity index (χ0v) is 12.2. The molecule has 0 aliphatic rings. The molecule has 1 amide bonds. The molecule has 2 aromatic heterocycles. The molecule has 6 heteroatoms. The van der Waals surface area contributed by atoms with Crippen molar-refractivity contribution in [2.45, 2.75) is 19.9 Å². The second kappa shape index (κ2) is 5.63. The molecular formula is C11H11IN2O2S. The number of hydrogen-bond acceptors (Lipinski definition) is 4. The third-order valence-electron chi connectivity index (χ3n) is 2.18. The molecular weight excluding hydrogens is 351 g/mol. The molecule has 0 aromatic carbocycles. The number of amides is 1. The summed E-state index contributed by atoms with van der Waals surface area (Å²) in [5.41, 5.74) is 0.682. The van der Waals surface area contributed by atoms with Crippen molar-refractivity contribution in [3.05, 3.63) is 37.7 Å². The van der Waals surface area contributed by atoms with Gasteiger partial charge < -0.3 is 9.73 Å². The lowest BCUT2D eigenvalue weighted by atomic mass is 10.3. The number of carbonyl (C=O) groups is 1. The van der Waals surface area contributed by atoms with Crippen molar-refractivity contribution in [1.29, 1.82) is 0 Å². The normalized spacial score (nSPS) is 10.5. The first-order valence-electron chi connectivity index (χ1n) is 5.15. The lowest BCUT2D eigenvalue weighted by molar-refractivity contribution is 0.0947. The van der Waals surface area contributed by atoms with E-state index in [1.165, 1.54) is 0 Å². The lowest BCUT2D eigenvalue weighted by Gasteiger charge is -1.99. The highest BCUT2D eigenvalue weighted by Gasteiger charge is 2.09. The second-order valence-electron chi connectivity index (χ2n) is 3.40. The number of nitrogens with zero attached hydrogens (tertiary/aromatic N) is 1. The third kappa shape index (κ3) is 3.29. The molecule has 0 aliphatic heterocycles. The number of aryl methyl sites for hydroxylation is 1. The van der Waals surface area contributed by atoms with Crippen molar-refractivity contribution >= 4 is 39.8 Å². The molecule has 0 aliphatic carbocycles. The van der Waals surface area contributed by atoms with E-state index in [-0.39, 0.29) is 5.91 Å². The molecule has 4 nitrogen and oxygen atoms in total. The largest absolute Gasteiger partial charge is 0.444 e. The van der Waals surface area contributed by atoms with E-state index in [4.69, 9.17) is 4.42 Å². The van der Waals surface area contributed by atoms with E-state index in [1.807, 2.05) is 18.4 Å². The molecule has 0 spiro atoms. The van der Waals surface area contributed by atoms with Gasteiger partial charge in [-0.15, -0.1) is 11.3 Å². The van der Waals surface area contributed by atoms with Crippen molar-refractivity contribution < 1.29 is 9.21 Å². The van der Waals surface area contributed by atoms with E-state index >= 15 is 0 Å². The van der Waals surface area contributed by atoms with Gasteiger partial charge in [0.15, 0.2) is 0 Å². The Morgan fingerprint density at radius 3 is 3.06 bits per heavy atom. The standard InChI is InChI=1S/C11H11IN2O2S/c1-2-8-4-13-10(16-8)5-14-11(15)7-3-9(12)17-6-7/h3-4,6H,2,5H2,1H3,(H,14,15). The SMILES string of the molecule is CCc1cnc(CNC(=O)c2csc(I)c2)o1. The molecule has 2 rings (SSSR count). The maximum atomic E-state index is 11.7. The van der Waals surface area contributed by atoms with Crippen LogP contribution in [-0.2, 0) is 13.0 Å². The van der Waals surface area contributed by atoms with Crippen LogP contribution in [0.15, 0.2) is 22.1 Å². The van der Waals surface area contributed by atoms with E-state index in [1.54, 1.807) is 17.5 Å². The zero-order chi connectivity index (χ0) is 12.3. The van der Waals surface area contributed by atoms with Gasteiger partial charge in [0.1, 0.15) is 5.76 Å². The number of rotatable bonds is 4. The van der Waals surface area contributed by atoms with Gasteiger partial charge in [-0.2, -0.15) is 0 Å². The number of aromatic nitrogens is 1. The summed E-state index contributed by atoms with van der Waals surface area (Å²) >= 11 is 3.74. The smallest absolute Gasteiger partial charge is 0.252 e. The topological polar surface area (TPSA) is 55.1 Å². The Morgan fingerprint density at radius 2 is 2.47 bits per heavy atom. The molecule has 1 N–H and O–H groups in total. The maximum absolute atomic E-state index is 11.7. The molecule has 0 atom stereocenters. The third-order valence-corrected chi connectivity index (χ3v) is 3.97. The van der Waals surface area contributed by atoms with Crippen LogP contribution in [0.3, 0.4) is 0 Å². The number of carbonyl (C=O) groups excluding carboxylic acids is 1. The van der Waals surface area contributed by atoms with Crippen LogP contribution >= 0.6 is 33.9 Å². The van der Waals surface area contributed by atoms with Crippen molar-refractivity contribution in [2.75, 3.05) is 0 Å². The molecule has 0 saturated carbocycles. The summed E-state index contributed by atoms with van der Waals surface area (Å²) in [5, 5.41) is 4.61. The van der Waals surface area contributed by atoms with Gasteiger partial charge in [0.2, 0.25) is 5.89 Å². The minimum absolute atomic E-state index is 0.0968. The van der Waals surface area contributed by atoms with Gasteiger partial charge in [-0.25, -0.2) is 4.98 Å². The lowest BCUT2D eigenvalue weighted by Crippen LogP contribution is -2.22. The first kappa shape index (κ1) is 12.6. The maximum Gasteiger partial charge on any atom is 0.252 e. The Morgan fingerprint density at radius 1 is 1.65 bits per heavy atom. The molecule has 90 valence electrons. The van der Waals surface area contributed by atoms with E-state index in [0.717, 1.165) is 15.1 Å². The highest BCUT2D eigenvalue weighted by molar-refractivity contribution is 14.1. The fraction of sp³-hybridized carbons (Fsp3) is 0.273. The Bertz CT molecular complexity index is 521. The van der Waals surface area contributed by atoms with Gasteiger partial charge >= 0.3 is 0 Å². The van der Waals surface area contributed by atoms with Crippen molar-refractivity contribution in [3.8, 4) is 0 Å². The zero-order valence-electron chi connectivity index (χ0n) is 9.20. The van der Waals surface area contributed by atoms with Crippen molar-refractivity contribution in [1.82, 2.24) is 10.3 Å². The quantitative estimate of drug-likeness (QED) is 0.851. The highest BCUT2D eigenvalue weighted by Crippen LogP contribution is 2.16. The number of hydrogen-bond donors (Lipinski definition) is 1. The van der Waals surface area contributed by atoms with Gasteiger partial charge in [-0.1, -0.05) is 6.92 Å². The first-order chi connectivity index (χ1) is 8.19. The molecule has 0 bridgehead atoms. The summed E-state index contributed by atoms with van der Waals surface area (Å²) in [6.07, 6.45) is 2.50. The fourth-order valence-corrected chi connectivity index (χ4v) is 2.61. The summed E-state index contributed by atoms with van der Waals surface area (Å²) in [6, 6.07) is 1.85. The number of halogens is 1. The van der Waals surface area contributed by atoms with Crippen LogP contribution in [-0.4, -0.2) is 10.9 Å². The minimum atomic E-state index is -0.0968. The molecule has 0 fully saturated rings. The van der Waals surface area contributed by atoms with Gasteiger partial charge in [-0.3, -0.25) is 4.79 Å². The summed E-state index contributed by atoms with van der Waals surface area (Å²) in [7, 11) is 0. The number of nitrogens with one attached hydrogen (secondary N) is 1. The molecule has 2 aromatic rings. The van der Waals surface area contributed by atoms with E-state index in [0.29, 0.717) is 18.0 Å². The van der Waals surface area contributed by atoms with Crippen LogP contribution in [0.5, 0.6) is 0 Å². The summed E-state index contributed by atoms with van der Waals surface area (Å²) in [6.45, 7) is 2.32. The molecule has 17 heavy (non-hydrogen) atoms. The van der Waals surface area contributed by atoms with Gasteiger partial charge in [0, 0.05) is 11.8 Å². The number of thiophene rings is 1. The van der Waals surface area contributed by atoms with Gasteiger partial charge in [0.05, 0.1) is 21.2 Å². The fourth-order valence-electron chi connectivity index (χ4n) is 1.28. The minimum Gasteiger partial charge on any atom is -0.444 e. The van der Waals surface area contributed by atoms with Gasteiger partial charge in [-0.05, 0) is 28.7 Å². The van der Waals surface area contributed by atoms with E-state index < -0.39 is 0 Å². The summed E-state index contributed by atoms with van der Waals surface area (Å²) in [4.78, 5) is 15.8. The molecule has 2 heterocycles. The molecule has 0 radical (unpaired) electrons. The average Bonchev–Trinajstić information content (AvgIpc) is 2.94. The van der Waals surface area contributed by atoms with Crippen LogP contribution in [0.1, 0.15) is 28.9 Å². The van der Waals surface area contributed by atoms with E-state index in [2.05, 4.69) is 32.9 Å². The predicted molar refractivity (Wildman–Crippen MR) is 74.1 cm³/mol. The van der Waals surface area contributed by atoms with Crippen LogP contribution in [0.4, 0.5) is 0 Å². The number of oxazole rings is 1. The average molecular weight is 362 g/mol. The first-order valence-corrected chi connectivity index (χ1v) is 7.10.